The lowest BCUT2D eigenvalue weighted by atomic mass is 9.66. The number of para-hydroxylation sites is 1. The molecule has 59 heavy (non-hydrogen) atoms. The molecule has 0 radical (unpaired) electrons. The molecule has 2 heterocycles. The number of benzene rings is 10. The predicted molar refractivity (Wildman–Crippen MR) is 244 cm³/mol. The lowest BCUT2D eigenvalue weighted by Gasteiger charge is -2.35. The number of furan rings is 2. The van der Waals surface area contributed by atoms with Crippen molar-refractivity contribution in [3.05, 3.63) is 229 Å². The van der Waals surface area contributed by atoms with Crippen LogP contribution in [0.1, 0.15) is 22.3 Å². The molecule has 0 aliphatic heterocycles. The van der Waals surface area contributed by atoms with Gasteiger partial charge in [0.1, 0.15) is 22.3 Å². The molecule has 12 aromatic rings. The Morgan fingerprint density at radius 3 is 1.71 bits per heavy atom. The maximum Gasteiger partial charge on any atom is 0.136 e. The summed E-state index contributed by atoms with van der Waals surface area (Å²) >= 11 is 0. The highest BCUT2D eigenvalue weighted by Gasteiger charge is 2.48. The van der Waals surface area contributed by atoms with Crippen LogP contribution in [0.4, 0.5) is 0 Å². The van der Waals surface area contributed by atoms with E-state index in [2.05, 4.69) is 200 Å². The van der Waals surface area contributed by atoms with Crippen molar-refractivity contribution in [1.29, 1.82) is 0 Å². The minimum absolute atomic E-state index is 0.634. The third-order valence-corrected chi connectivity index (χ3v) is 12.9. The summed E-state index contributed by atoms with van der Waals surface area (Å²) in [6.45, 7) is 0. The van der Waals surface area contributed by atoms with Crippen LogP contribution in [0, 0.1) is 0 Å². The van der Waals surface area contributed by atoms with Gasteiger partial charge in [0.2, 0.25) is 0 Å². The van der Waals surface area contributed by atoms with E-state index in [1.54, 1.807) is 0 Å². The van der Waals surface area contributed by atoms with Gasteiger partial charge in [-0.15, -0.1) is 0 Å². The van der Waals surface area contributed by atoms with Gasteiger partial charge in [-0.1, -0.05) is 158 Å². The molecule has 0 unspecified atom stereocenters. The summed E-state index contributed by atoms with van der Waals surface area (Å²) in [5.41, 5.74) is 15.1. The molecule has 0 atom stereocenters. The second-order valence-corrected chi connectivity index (χ2v) is 15.9. The fourth-order valence-electron chi connectivity index (χ4n) is 10.4. The average Bonchev–Trinajstić information content (AvgIpc) is 3.96. The van der Waals surface area contributed by atoms with E-state index in [4.69, 9.17) is 8.83 Å². The van der Waals surface area contributed by atoms with Crippen molar-refractivity contribution in [2.24, 2.45) is 0 Å². The van der Waals surface area contributed by atoms with E-state index in [0.29, 0.717) is 0 Å². The van der Waals surface area contributed by atoms with Crippen LogP contribution < -0.4 is 0 Å². The lowest BCUT2D eigenvalue weighted by molar-refractivity contribution is 0.669. The SMILES string of the molecule is c1ccc(C2(c3ccccc3)c3cc(-c4cccc5oc6cc7ccccc7cc6c45)ccc3-c3c(-c4ccc5c(c4)oc4ccccc45)cc4ccccc4c32)cc1. The minimum Gasteiger partial charge on any atom is -0.456 e. The van der Waals surface area contributed by atoms with E-state index in [1.807, 2.05) is 6.07 Å². The van der Waals surface area contributed by atoms with Crippen molar-refractivity contribution in [3.8, 4) is 33.4 Å². The van der Waals surface area contributed by atoms with Crippen LogP contribution in [0.2, 0.25) is 0 Å². The van der Waals surface area contributed by atoms with Gasteiger partial charge in [0.15, 0.2) is 0 Å². The molecule has 0 saturated carbocycles. The number of rotatable bonds is 4. The number of hydrogen-bond donors (Lipinski definition) is 0. The van der Waals surface area contributed by atoms with Gasteiger partial charge in [0.25, 0.3) is 0 Å². The van der Waals surface area contributed by atoms with Crippen LogP contribution in [0.25, 0.3) is 98.8 Å². The van der Waals surface area contributed by atoms with Gasteiger partial charge in [-0.2, -0.15) is 0 Å². The predicted octanol–water partition coefficient (Wildman–Crippen LogP) is 15.5. The molecular weight excluding hydrogens is 717 g/mol. The summed E-state index contributed by atoms with van der Waals surface area (Å²) in [4.78, 5) is 0. The second kappa shape index (κ2) is 12.2. The Labute approximate surface area is 340 Å². The highest BCUT2D eigenvalue weighted by Crippen LogP contribution is 2.61. The van der Waals surface area contributed by atoms with Crippen LogP contribution >= 0.6 is 0 Å². The molecule has 2 nitrogen and oxygen atoms in total. The first-order valence-electron chi connectivity index (χ1n) is 20.3. The van der Waals surface area contributed by atoms with Gasteiger partial charge in [0.05, 0.1) is 5.41 Å². The summed E-state index contributed by atoms with van der Waals surface area (Å²) in [6, 6.07) is 75.3. The second-order valence-electron chi connectivity index (χ2n) is 15.9. The number of fused-ring (bicyclic) bond motifs is 12. The van der Waals surface area contributed by atoms with E-state index in [-0.39, 0.29) is 0 Å². The highest BCUT2D eigenvalue weighted by molar-refractivity contribution is 6.16. The zero-order chi connectivity index (χ0) is 38.7. The Balaban J connectivity index is 1.16. The number of hydrogen-bond acceptors (Lipinski definition) is 2. The molecule has 1 aliphatic carbocycles. The molecule has 0 fully saturated rings. The van der Waals surface area contributed by atoms with Crippen molar-refractivity contribution in [3.63, 3.8) is 0 Å². The standard InChI is InChI=1S/C57H34O2/c1-3-17-40(18-4-1)57(41-19-5-2-6-20-41)49-32-38(42-23-13-25-51-54(42)48-30-35-14-7-8-15-36(35)33-53(48)59-51)27-29-46(49)55-47(31-37-16-9-10-21-43(37)56(55)57)39-26-28-45-44-22-11-12-24-50(44)58-52(45)34-39/h1-34H. The Hall–Kier alpha value is -7.68. The quantitative estimate of drug-likeness (QED) is 0.179. The molecule has 0 amide bonds. The summed E-state index contributed by atoms with van der Waals surface area (Å²) in [5, 5.41) is 9.36. The Morgan fingerprint density at radius 1 is 0.322 bits per heavy atom. The minimum atomic E-state index is -0.634. The molecular formula is C57H34O2. The topological polar surface area (TPSA) is 26.3 Å². The average molecular weight is 751 g/mol. The molecule has 10 aromatic carbocycles. The fourth-order valence-corrected chi connectivity index (χ4v) is 10.4. The lowest BCUT2D eigenvalue weighted by Crippen LogP contribution is -2.29. The molecule has 2 heteroatoms. The van der Waals surface area contributed by atoms with Gasteiger partial charge in [0, 0.05) is 21.5 Å². The maximum absolute atomic E-state index is 6.60. The Kier molecular flexibility index (Phi) is 6.68. The zero-order valence-electron chi connectivity index (χ0n) is 31.9. The van der Waals surface area contributed by atoms with E-state index in [9.17, 15) is 0 Å². The third-order valence-electron chi connectivity index (χ3n) is 12.9. The molecule has 0 N–H and O–H groups in total. The first-order valence-corrected chi connectivity index (χ1v) is 20.3. The van der Waals surface area contributed by atoms with E-state index < -0.39 is 5.41 Å². The monoisotopic (exact) mass is 750 g/mol. The maximum atomic E-state index is 6.60. The van der Waals surface area contributed by atoms with Crippen LogP contribution in [-0.2, 0) is 5.41 Å². The van der Waals surface area contributed by atoms with Gasteiger partial charge in [-0.25, -0.2) is 0 Å². The first kappa shape index (κ1) is 32.4. The summed E-state index contributed by atoms with van der Waals surface area (Å²) in [6.07, 6.45) is 0. The summed E-state index contributed by atoms with van der Waals surface area (Å²) in [5.74, 6) is 0. The van der Waals surface area contributed by atoms with Crippen LogP contribution in [0.5, 0.6) is 0 Å². The van der Waals surface area contributed by atoms with E-state index in [1.165, 1.54) is 60.5 Å². The highest BCUT2D eigenvalue weighted by atomic mass is 16.3. The van der Waals surface area contributed by atoms with Crippen LogP contribution in [0.15, 0.2) is 215 Å². The van der Waals surface area contributed by atoms with Crippen LogP contribution in [-0.4, -0.2) is 0 Å². The van der Waals surface area contributed by atoms with Crippen molar-refractivity contribution in [2.75, 3.05) is 0 Å². The van der Waals surface area contributed by atoms with Crippen molar-refractivity contribution < 1.29 is 8.83 Å². The largest absolute Gasteiger partial charge is 0.456 e. The molecule has 2 aromatic heterocycles. The zero-order valence-corrected chi connectivity index (χ0v) is 31.9. The van der Waals surface area contributed by atoms with Crippen molar-refractivity contribution >= 4 is 65.4 Å². The Bertz CT molecular complexity index is 3620. The molecule has 1 aliphatic rings. The van der Waals surface area contributed by atoms with E-state index in [0.717, 1.165) is 60.6 Å². The van der Waals surface area contributed by atoms with Gasteiger partial charge >= 0.3 is 0 Å². The smallest absolute Gasteiger partial charge is 0.136 e. The van der Waals surface area contributed by atoms with Crippen molar-refractivity contribution in [2.45, 2.75) is 5.41 Å². The van der Waals surface area contributed by atoms with E-state index >= 15 is 0 Å². The van der Waals surface area contributed by atoms with Crippen molar-refractivity contribution in [1.82, 2.24) is 0 Å². The third kappa shape index (κ3) is 4.51. The molecule has 0 saturated heterocycles. The normalized spacial score (nSPS) is 13.2. The van der Waals surface area contributed by atoms with Gasteiger partial charge in [-0.05, 0) is 126 Å². The van der Waals surface area contributed by atoms with Gasteiger partial charge in [-0.3, -0.25) is 0 Å². The molecule has 13 rings (SSSR count). The van der Waals surface area contributed by atoms with Gasteiger partial charge < -0.3 is 8.83 Å². The summed E-state index contributed by atoms with van der Waals surface area (Å²) < 4.78 is 13.1. The molecule has 0 spiro atoms. The molecule has 0 bridgehead atoms. The van der Waals surface area contributed by atoms with Crippen LogP contribution in [0.3, 0.4) is 0 Å². The summed E-state index contributed by atoms with van der Waals surface area (Å²) in [7, 11) is 0. The first-order chi connectivity index (χ1) is 29.2. The molecule has 274 valence electrons. The fraction of sp³-hybridized carbons (Fsp3) is 0.0175. The Morgan fingerprint density at radius 2 is 0.915 bits per heavy atom.